The van der Waals surface area contributed by atoms with E-state index in [9.17, 15) is 4.79 Å². The molecular weight excluding hydrogens is 300 g/mol. The molecule has 0 aromatic heterocycles. The first-order valence-electron chi connectivity index (χ1n) is 9.28. The monoisotopic (exact) mass is 330 g/mol. The van der Waals surface area contributed by atoms with Crippen LogP contribution in [0.25, 0.3) is 0 Å². The number of carbonyl (C=O) groups excluding carboxylic acids is 1. The lowest BCUT2D eigenvalue weighted by Gasteiger charge is -2.42. The second kappa shape index (κ2) is 7.14. The third kappa shape index (κ3) is 3.75. The van der Waals surface area contributed by atoms with Gasteiger partial charge >= 0.3 is 0 Å². The zero-order valence-corrected chi connectivity index (χ0v) is 15.0. The van der Waals surface area contributed by atoms with Crippen LogP contribution < -0.4 is 10.5 Å². The summed E-state index contributed by atoms with van der Waals surface area (Å²) in [6.45, 7) is 5.70. The molecule has 2 aliphatic rings. The summed E-state index contributed by atoms with van der Waals surface area (Å²) in [6.07, 6.45) is 7.02. The molecule has 3 rings (SSSR count). The molecule has 1 aliphatic carbocycles. The summed E-state index contributed by atoms with van der Waals surface area (Å²) in [5, 5.41) is 0. The highest BCUT2D eigenvalue weighted by Crippen LogP contribution is 2.31. The van der Waals surface area contributed by atoms with Crippen LogP contribution in [-0.4, -0.2) is 36.0 Å². The number of hydrogen-bond acceptors (Lipinski definition) is 3. The minimum atomic E-state index is -0.0485. The van der Waals surface area contributed by atoms with Gasteiger partial charge in [0, 0.05) is 19.1 Å². The molecule has 1 aromatic carbocycles. The number of benzene rings is 1. The second-order valence-corrected chi connectivity index (χ2v) is 7.98. The molecule has 1 atom stereocenters. The summed E-state index contributed by atoms with van der Waals surface area (Å²) in [5.74, 6) is 0.809. The van der Waals surface area contributed by atoms with Gasteiger partial charge < -0.3 is 15.4 Å². The maximum atomic E-state index is 13.1. The first-order chi connectivity index (χ1) is 11.5. The van der Waals surface area contributed by atoms with Crippen LogP contribution in [0, 0.1) is 5.41 Å². The van der Waals surface area contributed by atoms with E-state index in [1.807, 2.05) is 29.2 Å². The van der Waals surface area contributed by atoms with Gasteiger partial charge in [0.2, 0.25) is 0 Å². The number of carbonyl (C=O) groups is 1. The Kier molecular flexibility index (Phi) is 5.14. The molecule has 1 saturated carbocycles. The maximum Gasteiger partial charge on any atom is 0.257 e. The maximum absolute atomic E-state index is 13.1. The van der Waals surface area contributed by atoms with Crippen LogP contribution in [0.5, 0.6) is 5.75 Å². The van der Waals surface area contributed by atoms with Crippen molar-refractivity contribution in [1.29, 1.82) is 0 Å². The standard InChI is InChI=1S/C20H30N2O2/c1-20(2)14-22(13-12-18(20)21)19(23)16-10-6-7-11-17(16)24-15-8-4-3-5-9-15/h6-7,10-11,15,18H,3-5,8-9,12-14,21H2,1-2H3. The first kappa shape index (κ1) is 17.3. The third-order valence-electron chi connectivity index (χ3n) is 5.56. The zero-order valence-electron chi connectivity index (χ0n) is 15.0. The summed E-state index contributed by atoms with van der Waals surface area (Å²) in [5.41, 5.74) is 6.85. The van der Waals surface area contributed by atoms with Gasteiger partial charge in [-0.05, 0) is 49.7 Å². The predicted octanol–water partition coefficient (Wildman–Crippen LogP) is 3.60. The van der Waals surface area contributed by atoms with Crippen molar-refractivity contribution in [2.45, 2.75) is 64.5 Å². The smallest absolute Gasteiger partial charge is 0.257 e. The lowest BCUT2D eigenvalue weighted by Crippen LogP contribution is -2.54. The van der Waals surface area contributed by atoms with Crippen molar-refractivity contribution in [3.8, 4) is 5.75 Å². The predicted molar refractivity (Wildman–Crippen MR) is 96.2 cm³/mol. The molecule has 1 aliphatic heterocycles. The van der Waals surface area contributed by atoms with Gasteiger partial charge in [0.1, 0.15) is 5.75 Å². The highest BCUT2D eigenvalue weighted by molar-refractivity contribution is 5.97. The molecule has 1 amide bonds. The highest BCUT2D eigenvalue weighted by atomic mass is 16.5. The Bertz CT molecular complexity index is 579. The van der Waals surface area contributed by atoms with Gasteiger partial charge in [-0.15, -0.1) is 0 Å². The van der Waals surface area contributed by atoms with Crippen molar-refractivity contribution in [3.05, 3.63) is 29.8 Å². The fraction of sp³-hybridized carbons (Fsp3) is 0.650. The zero-order chi connectivity index (χ0) is 17.2. The van der Waals surface area contributed by atoms with Gasteiger partial charge in [-0.1, -0.05) is 32.4 Å². The molecule has 1 aromatic rings. The number of para-hydroxylation sites is 1. The molecule has 24 heavy (non-hydrogen) atoms. The second-order valence-electron chi connectivity index (χ2n) is 7.98. The van der Waals surface area contributed by atoms with Crippen molar-refractivity contribution in [2.24, 2.45) is 11.1 Å². The molecule has 1 heterocycles. The molecule has 0 spiro atoms. The quantitative estimate of drug-likeness (QED) is 0.921. The molecule has 2 N–H and O–H groups in total. The summed E-state index contributed by atoms with van der Waals surface area (Å²) in [4.78, 5) is 15.0. The molecule has 0 radical (unpaired) electrons. The summed E-state index contributed by atoms with van der Waals surface area (Å²) < 4.78 is 6.20. The lowest BCUT2D eigenvalue weighted by atomic mass is 9.79. The Morgan fingerprint density at radius 2 is 1.88 bits per heavy atom. The highest BCUT2D eigenvalue weighted by Gasteiger charge is 2.36. The van der Waals surface area contributed by atoms with E-state index in [4.69, 9.17) is 10.5 Å². The molecule has 4 nitrogen and oxygen atoms in total. The number of likely N-dealkylation sites (tertiary alicyclic amines) is 1. The molecule has 1 saturated heterocycles. The van der Waals surface area contributed by atoms with Gasteiger partial charge in [-0.3, -0.25) is 4.79 Å². The fourth-order valence-electron chi connectivity index (χ4n) is 3.83. The summed E-state index contributed by atoms with van der Waals surface area (Å²) in [7, 11) is 0. The number of ether oxygens (including phenoxy) is 1. The Balaban J connectivity index is 1.75. The van der Waals surface area contributed by atoms with Crippen LogP contribution >= 0.6 is 0 Å². The Morgan fingerprint density at radius 1 is 1.17 bits per heavy atom. The van der Waals surface area contributed by atoms with Crippen molar-refractivity contribution in [1.82, 2.24) is 4.90 Å². The van der Waals surface area contributed by atoms with Crippen LogP contribution in [0.15, 0.2) is 24.3 Å². The number of amides is 1. The minimum Gasteiger partial charge on any atom is -0.490 e. The van der Waals surface area contributed by atoms with Crippen LogP contribution in [0.3, 0.4) is 0 Å². The SMILES string of the molecule is CC1(C)CN(C(=O)c2ccccc2OC2CCCCC2)CCC1N. The van der Waals surface area contributed by atoms with E-state index in [0.29, 0.717) is 12.1 Å². The molecule has 0 bridgehead atoms. The number of piperidine rings is 1. The third-order valence-corrected chi connectivity index (χ3v) is 5.56. The van der Waals surface area contributed by atoms with E-state index < -0.39 is 0 Å². The summed E-state index contributed by atoms with van der Waals surface area (Å²) >= 11 is 0. The van der Waals surface area contributed by atoms with Crippen LogP contribution in [-0.2, 0) is 0 Å². The number of nitrogens with zero attached hydrogens (tertiary/aromatic N) is 1. The van der Waals surface area contributed by atoms with Crippen LogP contribution in [0.2, 0.25) is 0 Å². The Labute approximate surface area is 145 Å². The minimum absolute atomic E-state index is 0.0485. The number of nitrogens with two attached hydrogens (primary N) is 1. The van der Waals surface area contributed by atoms with Gasteiger partial charge in [0.15, 0.2) is 0 Å². The molecular formula is C20H30N2O2. The van der Waals surface area contributed by atoms with Gasteiger partial charge in [0.05, 0.1) is 11.7 Å². The molecule has 1 unspecified atom stereocenters. The fourth-order valence-corrected chi connectivity index (χ4v) is 3.83. The normalized spacial score (nSPS) is 24.6. The Hall–Kier alpha value is -1.55. The van der Waals surface area contributed by atoms with Crippen molar-refractivity contribution in [3.63, 3.8) is 0 Å². The average Bonchev–Trinajstić information content (AvgIpc) is 2.58. The van der Waals surface area contributed by atoms with E-state index in [0.717, 1.165) is 31.6 Å². The molecule has 2 fully saturated rings. The van der Waals surface area contributed by atoms with Crippen LogP contribution in [0.4, 0.5) is 0 Å². The molecule has 132 valence electrons. The van der Waals surface area contributed by atoms with E-state index in [2.05, 4.69) is 13.8 Å². The lowest BCUT2D eigenvalue weighted by molar-refractivity contribution is 0.0525. The topological polar surface area (TPSA) is 55.6 Å². The first-order valence-corrected chi connectivity index (χ1v) is 9.28. The van der Waals surface area contributed by atoms with Crippen LogP contribution in [0.1, 0.15) is 62.7 Å². The van der Waals surface area contributed by atoms with Gasteiger partial charge in [0.25, 0.3) is 5.91 Å². The summed E-state index contributed by atoms with van der Waals surface area (Å²) in [6, 6.07) is 7.84. The van der Waals surface area contributed by atoms with E-state index >= 15 is 0 Å². The van der Waals surface area contributed by atoms with Crippen molar-refractivity contribution < 1.29 is 9.53 Å². The largest absolute Gasteiger partial charge is 0.490 e. The van der Waals surface area contributed by atoms with Crippen molar-refractivity contribution >= 4 is 5.91 Å². The van der Waals surface area contributed by atoms with Gasteiger partial charge in [-0.2, -0.15) is 0 Å². The van der Waals surface area contributed by atoms with E-state index in [-0.39, 0.29) is 23.5 Å². The van der Waals surface area contributed by atoms with Crippen molar-refractivity contribution in [2.75, 3.05) is 13.1 Å². The Morgan fingerprint density at radius 3 is 2.58 bits per heavy atom. The number of hydrogen-bond donors (Lipinski definition) is 1. The van der Waals surface area contributed by atoms with Gasteiger partial charge in [-0.25, -0.2) is 0 Å². The molecule has 4 heteroatoms. The average molecular weight is 330 g/mol. The van der Waals surface area contributed by atoms with E-state index in [1.54, 1.807) is 0 Å². The van der Waals surface area contributed by atoms with E-state index in [1.165, 1.54) is 19.3 Å². The number of rotatable bonds is 3.